The molecule has 2 rings (SSSR count). The van der Waals surface area contributed by atoms with Crippen molar-refractivity contribution in [3.63, 3.8) is 0 Å². The van der Waals surface area contributed by atoms with Crippen molar-refractivity contribution in [1.29, 1.82) is 0 Å². The number of thioether (sulfide) groups is 1. The van der Waals surface area contributed by atoms with E-state index in [2.05, 4.69) is 15.9 Å². The molecule has 0 saturated carbocycles. The SMILES string of the molecule is CCN1C(=O)/C(=C\c2cc(Br)ccc2OC)SC1=S. The largest absolute Gasteiger partial charge is 0.496 e. The van der Waals surface area contributed by atoms with E-state index >= 15 is 0 Å². The molecule has 0 atom stereocenters. The summed E-state index contributed by atoms with van der Waals surface area (Å²) in [6, 6.07) is 5.67. The number of hydrogen-bond acceptors (Lipinski definition) is 4. The molecule has 0 N–H and O–H groups in total. The van der Waals surface area contributed by atoms with Gasteiger partial charge in [-0.05, 0) is 31.2 Å². The van der Waals surface area contributed by atoms with E-state index in [1.807, 2.05) is 31.2 Å². The van der Waals surface area contributed by atoms with Crippen LogP contribution in [-0.4, -0.2) is 28.8 Å². The quantitative estimate of drug-likeness (QED) is 0.609. The minimum absolute atomic E-state index is 0.0421. The summed E-state index contributed by atoms with van der Waals surface area (Å²) in [5.41, 5.74) is 0.855. The van der Waals surface area contributed by atoms with Crippen LogP contribution in [0.5, 0.6) is 5.75 Å². The average molecular weight is 358 g/mol. The lowest BCUT2D eigenvalue weighted by Gasteiger charge is -2.09. The van der Waals surface area contributed by atoms with Gasteiger partial charge in [0.15, 0.2) is 0 Å². The second-order valence-electron chi connectivity index (χ2n) is 3.81. The van der Waals surface area contributed by atoms with Crippen molar-refractivity contribution in [2.75, 3.05) is 13.7 Å². The molecule has 1 aromatic carbocycles. The number of carbonyl (C=O) groups is 1. The van der Waals surface area contributed by atoms with Crippen LogP contribution in [0.15, 0.2) is 27.6 Å². The highest BCUT2D eigenvalue weighted by molar-refractivity contribution is 9.10. The lowest BCUT2D eigenvalue weighted by atomic mass is 10.2. The van der Waals surface area contributed by atoms with Crippen molar-refractivity contribution < 1.29 is 9.53 Å². The molecule has 0 aliphatic carbocycles. The van der Waals surface area contributed by atoms with Gasteiger partial charge >= 0.3 is 0 Å². The molecular weight excluding hydrogens is 346 g/mol. The molecule has 1 fully saturated rings. The van der Waals surface area contributed by atoms with Crippen LogP contribution in [-0.2, 0) is 4.79 Å². The van der Waals surface area contributed by atoms with Crippen LogP contribution in [0, 0.1) is 0 Å². The molecule has 1 aromatic rings. The molecule has 6 heteroatoms. The minimum atomic E-state index is -0.0421. The van der Waals surface area contributed by atoms with Gasteiger partial charge in [0.25, 0.3) is 5.91 Å². The Kier molecular flexibility index (Phi) is 4.65. The third-order valence-electron chi connectivity index (χ3n) is 2.67. The molecule has 0 spiro atoms. The van der Waals surface area contributed by atoms with Crippen molar-refractivity contribution in [3.05, 3.63) is 33.1 Å². The van der Waals surface area contributed by atoms with Crippen molar-refractivity contribution in [2.45, 2.75) is 6.92 Å². The monoisotopic (exact) mass is 357 g/mol. The number of carbonyl (C=O) groups excluding carboxylic acids is 1. The Labute approximate surface area is 130 Å². The van der Waals surface area contributed by atoms with Gasteiger partial charge < -0.3 is 4.74 Å². The zero-order valence-electron chi connectivity index (χ0n) is 10.5. The molecule has 19 heavy (non-hydrogen) atoms. The summed E-state index contributed by atoms with van der Waals surface area (Å²) >= 11 is 9.92. The predicted octanol–water partition coefficient (Wildman–Crippen LogP) is 3.68. The van der Waals surface area contributed by atoms with Crippen molar-refractivity contribution in [2.24, 2.45) is 0 Å². The summed E-state index contributed by atoms with van der Waals surface area (Å²) in [5, 5.41) is 0. The molecule has 1 heterocycles. The van der Waals surface area contributed by atoms with Gasteiger partial charge in [-0.2, -0.15) is 0 Å². The first kappa shape index (κ1) is 14.6. The Balaban J connectivity index is 2.40. The van der Waals surface area contributed by atoms with Crippen LogP contribution < -0.4 is 4.74 Å². The average Bonchev–Trinajstić information content (AvgIpc) is 2.64. The normalized spacial score (nSPS) is 17.4. The summed E-state index contributed by atoms with van der Waals surface area (Å²) in [6.45, 7) is 2.50. The van der Waals surface area contributed by atoms with E-state index in [-0.39, 0.29) is 5.91 Å². The zero-order chi connectivity index (χ0) is 14.0. The molecule has 3 nitrogen and oxygen atoms in total. The van der Waals surface area contributed by atoms with E-state index in [4.69, 9.17) is 17.0 Å². The Bertz CT molecular complexity index is 572. The molecule has 1 amide bonds. The van der Waals surface area contributed by atoms with E-state index in [9.17, 15) is 4.79 Å². The Morgan fingerprint density at radius 3 is 2.84 bits per heavy atom. The van der Waals surface area contributed by atoms with Crippen LogP contribution in [0.1, 0.15) is 12.5 Å². The number of hydrogen-bond donors (Lipinski definition) is 0. The van der Waals surface area contributed by atoms with Gasteiger partial charge in [-0.3, -0.25) is 9.69 Å². The molecule has 0 unspecified atom stereocenters. The third-order valence-corrected chi connectivity index (χ3v) is 4.54. The van der Waals surface area contributed by atoms with E-state index in [1.165, 1.54) is 11.8 Å². The fraction of sp³-hybridized carbons (Fsp3) is 0.231. The number of ether oxygens (including phenoxy) is 1. The van der Waals surface area contributed by atoms with Gasteiger partial charge in [-0.25, -0.2) is 0 Å². The summed E-state index contributed by atoms with van der Waals surface area (Å²) in [7, 11) is 1.61. The summed E-state index contributed by atoms with van der Waals surface area (Å²) in [6.07, 6.45) is 1.82. The van der Waals surface area contributed by atoms with Crippen molar-refractivity contribution >= 4 is 56.2 Å². The third kappa shape index (κ3) is 3.01. The molecule has 1 aliphatic heterocycles. The highest BCUT2D eigenvalue weighted by Gasteiger charge is 2.30. The summed E-state index contributed by atoms with van der Waals surface area (Å²) in [5.74, 6) is 0.685. The Morgan fingerprint density at radius 1 is 1.53 bits per heavy atom. The number of thiocarbonyl (C=S) groups is 1. The maximum atomic E-state index is 12.1. The lowest BCUT2D eigenvalue weighted by molar-refractivity contribution is -0.121. The molecular formula is C13H12BrNO2S2. The molecule has 1 saturated heterocycles. The molecule has 0 radical (unpaired) electrons. The first-order valence-electron chi connectivity index (χ1n) is 5.65. The van der Waals surface area contributed by atoms with Crippen LogP contribution >= 0.6 is 39.9 Å². The lowest BCUT2D eigenvalue weighted by Crippen LogP contribution is -2.27. The number of halogens is 1. The second-order valence-corrected chi connectivity index (χ2v) is 6.40. The first-order chi connectivity index (χ1) is 9.06. The smallest absolute Gasteiger partial charge is 0.266 e. The maximum absolute atomic E-state index is 12.1. The summed E-state index contributed by atoms with van der Waals surface area (Å²) < 4.78 is 6.83. The van der Waals surface area contributed by atoms with Crippen molar-refractivity contribution in [1.82, 2.24) is 4.90 Å². The van der Waals surface area contributed by atoms with Gasteiger partial charge in [0.2, 0.25) is 0 Å². The minimum Gasteiger partial charge on any atom is -0.496 e. The van der Waals surface area contributed by atoms with E-state index in [1.54, 1.807) is 12.0 Å². The Hall–Kier alpha value is -0.850. The van der Waals surface area contributed by atoms with Crippen LogP contribution in [0.3, 0.4) is 0 Å². The van der Waals surface area contributed by atoms with E-state index in [0.717, 1.165) is 15.8 Å². The van der Waals surface area contributed by atoms with Gasteiger partial charge in [-0.1, -0.05) is 39.9 Å². The molecule has 100 valence electrons. The summed E-state index contributed by atoms with van der Waals surface area (Å²) in [4.78, 5) is 14.4. The number of benzene rings is 1. The second kappa shape index (κ2) is 6.07. The van der Waals surface area contributed by atoms with Crippen LogP contribution in [0.25, 0.3) is 6.08 Å². The molecule has 0 aromatic heterocycles. The standard InChI is InChI=1S/C13H12BrNO2S2/c1-3-15-12(16)11(19-13(15)18)7-8-6-9(14)4-5-10(8)17-2/h4-7H,3H2,1-2H3/b11-7+. The number of rotatable bonds is 3. The van der Waals surface area contributed by atoms with Crippen LogP contribution in [0.4, 0.5) is 0 Å². The number of nitrogens with zero attached hydrogens (tertiary/aromatic N) is 1. The fourth-order valence-electron chi connectivity index (χ4n) is 1.73. The molecule has 0 bridgehead atoms. The molecule has 1 aliphatic rings. The highest BCUT2D eigenvalue weighted by atomic mass is 79.9. The maximum Gasteiger partial charge on any atom is 0.266 e. The predicted molar refractivity (Wildman–Crippen MR) is 86.2 cm³/mol. The van der Waals surface area contributed by atoms with Crippen LogP contribution in [0.2, 0.25) is 0 Å². The Morgan fingerprint density at radius 2 is 2.26 bits per heavy atom. The number of likely N-dealkylation sites (N-methyl/N-ethyl adjacent to an activating group) is 1. The van der Waals surface area contributed by atoms with Gasteiger partial charge in [0.05, 0.1) is 12.0 Å². The van der Waals surface area contributed by atoms with Gasteiger partial charge in [-0.15, -0.1) is 0 Å². The van der Waals surface area contributed by atoms with E-state index < -0.39 is 0 Å². The van der Waals surface area contributed by atoms with Gasteiger partial charge in [0, 0.05) is 16.6 Å². The highest BCUT2D eigenvalue weighted by Crippen LogP contribution is 2.34. The fourth-order valence-corrected chi connectivity index (χ4v) is 3.49. The van der Waals surface area contributed by atoms with Crippen molar-refractivity contribution in [3.8, 4) is 5.75 Å². The topological polar surface area (TPSA) is 29.5 Å². The number of amides is 1. The van der Waals surface area contributed by atoms with Gasteiger partial charge in [0.1, 0.15) is 10.1 Å². The number of methoxy groups -OCH3 is 1. The first-order valence-corrected chi connectivity index (χ1v) is 7.67. The zero-order valence-corrected chi connectivity index (χ0v) is 13.7. The van der Waals surface area contributed by atoms with E-state index in [0.29, 0.717) is 15.8 Å².